The molecule has 2 rings (SSSR count). The number of carbonyl (C=O) groups excluding carboxylic acids is 2. The van der Waals surface area contributed by atoms with Gasteiger partial charge < -0.3 is 10.5 Å². The molecule has 1 heterocycles. The number of sulfonamides is 1. The van der Waals surface area contributed by atoms with Gasteiger partial charge in [-0.1, -0.05) is 0 Å². The summed E-state index contributed by atoms with van der Waals surface area (Å²) in [4.78, 5) is 22.0. The minimum absolute atomic E-state index is 0.0830. The van der Waals surface area contributed by atoms with Crippen molar-refractivity contribution in [2.75, 3.05) is 5.32 Å². The highest BCUT2D eigenvalue weighted by molar-refractivity contribution is 7.90. The van der Waals surface area contributed by atoms with E-state index in [2.05, 4.69) is 5.32 Å². The SMILES string of the molecule is O=CNc1ccc(S(=O)(=O)NC(=O)c2ccc[n+]([O-])c2)cc1. The van der Waals surface area contributed by atoms with Crippen molar-refractivity contribution >= 4 is 28.0 Å². The van der Waals surface area contributed by atoms with Gasteiger partial charge in [0.2, 0.25) is 6.41 Å². The highest BCUT2D eigenvalue weighted by Crippen LogP contribution is 2.13. The summed E-state index contributed by atoms with van der Waals surface area (Å²) in [7, 11) is -4.08. The van der Waals surface area contributed by atoms with Crippen LogP contribution in [-0.2, 0) is 14.8 Å². The zero-order valence-corrected chi connectivity index (χ0v) is 11.9. The maximum Gasteiger partial charge on any atom is 0.271 e. The van der Waals surface area contributed by atoms with Crippen molar-refractivity contribution in [1.29, 1.82) is 0 Å². The van der Waals surface area contributed by atoms with Crippen LogP contribution in [0, 0.1) is 5.21 Å². The molecule has 114 valence electrons. The van der Waals surface area contributed by atoms with Gasteiger partial charge in [-0.3, -0.25) is 9.59 Å². The minimum atomic E-state index is -4.08. The molecule has 2 aromatic rings. The molecular formula is C13H11N3O5S. The van der Waals surface area contributed by atoms with Crippen molar-refractivity contribution in [2.45, 2.75) is 4.90 Å². The lowest BCUT2D eigenvalue weighted by atomic mass is 10.3. The molecule has 0 bridgehead atoms. The van der Waals surface area contributed by atoms with Crippen molar-refractivity contribution in [2.24, 2.45) is 0 Å². The molecule has 2 amide bonds. The molecule has 0 spiro atoms. The molecule has 0 fully saturated rings. The van der Waals surface area contributed by atoms with Crippen molar-refractivity contribution in [3.63, 3.8) is 0 Å². The van der Waals surface area contributed by atoms with Crippen LogP contribution in [0.3, 0.4) is 0 Å². The van der Waals surface area contributed by atoms with E-state index in [0.29, 0.717) is 16.8 Å². The highest BCUT2D eigenvalue weighted by atomic mass is 32.2. The number of aromatic nitrogens is 1. The zero-order valence-electron chi connectivity index (χ0n) is 11.1. The Morgan fingerprint density at radius 1 is 1.18 bits per heavy atom. The van der Waals surface area contributed by atoms with Crippen molar-refractivity contribution < 1.29 is 22.7 Å². The number of pyridine rings is 1. The monoisotopic (exact) mass is 321 g/mol. The number of rotatable bonds is 5. The molecule has 9 heteroatoms. The molecule has 1 aromatic heterocycles. The number of nitrogens with zero attached hydrogens (tertiary/aromatic N) is 1. The van der Waals surface area contributed by atoms with E-state index < -0.39 is 15.9 Å². The Hall–Kier alpha value is -2.94. The summed E-state index contributed by atoms with van der Waals surface area (Å²) in [6, 6.07) is 7.87. The maximum absolute atomic E-state index is 12.1. The van der Waals surface area contributed by atoms with E-state index in [-0.39, 0.29) is 10.5 Å². The second-order valence-corrected chi connectivity index (χ2v) is 5.86. The summed E-state index contributed by atoms with van der Waals surface area (Å²) in [5.41, 5.74) is 0.330. The molecule has 2 N–H and O–H groups in total. The van der Waals surface area contributed by atoms with E-state index in [1.165, 1.54) is 42.6 Å². The summed E-state index contributed by atoms with van der Waals surface area (Å²) >= 11 is 0. The van der Waals surface area contributed by atoms with Gasteiger partial charge in [0.05, 0.1) is 4.90 Å². The summed E-state index contributed by atoms with van der Waals surface area (Å²) in [5, 5.41) is 13.4. The van der Waals surface area contributed by atoms with Gasteiger partial charge in [0, 0.05) is 11.8 Å². The summed E-state index contributed by atoms with van der Waals surface area (Å²) in [6.45, 7) is 0. The van der Waals surface area contributed by atoms with Crippen LogP contribution in [-0.4, -0.2) is 20.7 Å². The molecule has 1 aromatic carbocycles. The fraction of sp³-hybridized carbons (Fsp3) is 0. The predicted octanol–water partition coefficient (Wildman–Crippen LogP) is 0.00700. The van der Waals surface area contributed by atoms with Crippen LogP contribution in [0.5, 0.6) is 0 Å². The van der Waals surface area contributed by atoms with Crippen LogP contribution in [0.15, 0.2) is 53.7 Å². The number of hydrogen-bond donors (Lipinski definition) is 2. The molecule has 0 saturated heterocycles. The van der Waals surface area contributed by atoms with Crippen molar-refractivity contribution in [1.82, 2.24) is 4.72 Å². The first-order valence-electron chi connectivity index (χ1n) is 5.98. The lowest BCUT2D eigenvalue weighted by Crippen LogP contribution is -2.33. The molecule has 0 saturated carbocycles. The Balaban J connectivity index is 2.20. The summed E-state index contributed by atoms with van der Waals surface area (Å²) < 4.78 is 26.4. The fourth-order valence-electron chi connectivity index (χ4n) is 1.63. The fourth-order valence-corrected chi connectivity index (χ4v) is 2.60. The number of nitrogens with one attached hydrogen (secondary N) is 2. The van der Waals surface area contributed by atoms with Gasteiger partial charge in [-0.05, 0) is 30.3 Å². The highest BCUT2D eigenvalue weighted by Gasteiger charge is 2.19. The van der Waals surface area contributed by atoms with E-state index >= 15 is 0 Å². The minimum Gasteiger partial charge on any atom is -0.619 e. The molecule has 0 aliphatic carbocycles. The predicted molar refractivity (Wildman–Crippen MR) is 76.2 cm³/mol. The maximum atomic E-state index is 12.1. The van der Waals surface area contributed by atoms with Gasteiger partial charge >= 0.3 is 0 Å². The number of carbonyl (C=O) groups is 2. The van der Waals surface area contributed by atoms with E-state index in [1.54, 1.807) is 0 Å². The van der Waals surface area contributed by atoms with Gasteiger partial charge in [0.15, 0.2) is 12.4 Å². The van der Waals surface area contributed by atoms with Gasteiger partial charge in [-0.15, -0.1) is 0 Å². The lowest BCUT2D eigenvalue weighted by molar-refractivity contribution is -0.605. The standard InChI is InChI=1S/C13H11N3O5S/c17-9-14-11-3-5-12(6-4-11)22(20,21)15-13(18)10-2-1-7-16(19)8-10/h1-9H,(H,14,17)(H,15,18). The molecule has 8 nitrogen and oxygen atoms in total. The molecule has 0 aliphatic rings. The van der Waals surface area contributed by atoms with Crippen LogP contribution in [0.1, 0.15) is 10.4 Å². The number of benzene rings is 1. The third-order valence-electron chi connectivity index (χ3n) is 2.65. The molecular weight excluding hydrogens is 310 g/mol. The Kier molecular flexibility index (Phi) is 4.37. The first-order chi connectivity index (χ1) is 10.4. The van der Waals surface area contributed by atoms with E-state index in [9.17, 15) is 23.2 Å². The largest absolute Gasteiger partial charge is 0.619 e. The van der Waals surface area contributed by atoms with Crippen LogP contribution >= 0.6 is 0 Å². The Bertz CT molecular complexity index is 803. The van der Waals surface area contributed by atoms with E-state index in [4.69, 9.17) is 0 Å². The second-order valence-electron chi connectivity index (χ2n) is 4.17. The first kappa shape index (κ1) is 15.4. The topological polar surface area (TPSA) is 119 Å². The molecule has 0 atom stereocenters. The van der Waals surface area contributed by atoms with Gasteiger partial charge in [-0.2, -0.15) is 4.73 Å². The third-order valence-corrected chi connectivity index (χ3v) is 4.00. The first-order valence-corrected chi connectivity index (χ1v) is 7.47. The van der Waals surface area contributed by atoms with Crippen LogP contribution in [0.2, 0.25) is 0 Å². The number of hydrogen-bond acceptors (Lipinski definition) is 5. The molecule has 0 radical (unpaired) electrons. The zero-order chi connectivity index (χ0) is 16.2. The van der Waals surface area contributed by atoms with Crippen LogP contribution in [0.25, 0.3) is 0 Å². The van der Waals surface area contributed by atoms with Crippen molar-refractivity contribution in [3.05, 3.63) is 59.6 Å². The third kappa shape index (κ3) is 3.58. The average molecular weight is 321 g/mol. The van der Waals surface area contributed by atoms with E-state index in [1.807, 2.05) is 4.72 Å². The molecule has 0 aliphatic heterocycles. The normalized spacial score (nSPS) is 10.7. The molecule has 0 unspecified atom stereocenters. The second kappa shape index (κ2) is 6.22. The molecule has 22 heavy (non-hydrogen) atoms. The number of amides is 2. The average Bonchev–Trinajstić information content (AvgIpc) is 2.48. The van der Waals surface area contributed by atoms with E-state index in [0.717, 1.165) is 6.20 Å². The van der Waals surface area contributed by atoms with Crippen molar-refractivity contribution in [3.8, 4) is 0 Å². The van der Waals surface area contributed by atoms with Gasteiger partial charge in [0.25, 0.3) is 15.9 Å². The quantitative estimate of drug-likeness (QED) is 0.456. The summed E-state index contributed by atoms with van der Waals surface area (Å²) in [5.74, 6) is -0.916. The Morgan fingerprint density at radius 2 is 1.86 bits per heavy atom. The van der Waals surface area contributed by atoms with Gasteiger partial charge in [-0.25, -0.2) is 13.1 Å². The summed E-state index contributed by atoms with van der Waals surface area (Å²) in [6.07, 6.45) is 2.59. The smallest absolute Gasteiger partial charge is 0.271 e. The Morgan fingerprint density at radius 3 is 2.45 bits per heavy atom. The van der Waals surface area contributed by atoms with Crippen LogP contribution < -0.4 is 14.8 Å². The van der Waals surface area contributed by atoms with Gasteiger partial charge in [0.1, 0.15) is 5.56 Å². The Labute approximate surface area is 126 Å². The van der Waals surface area contributed by atoms with Crippen LogP contribution in [0.4, 0.5) is 5.69 Å². The lowest BCUT2D eigenvalue weighted by Gasteiger charge is -2.07. The number of anilines is 1.